The van der Waals surface area contributed by atoms with Crippen molar-refractivity contribution in [3.05, 3.63) is 72.8 Å². The Kier molecular flexibility index (Phi) is 7.50. The Labute approximate surface area is 211 Å². The summed E-state index contributed by atoms with van der Waals surface area (Å²) in [6, 6.07) is 22.7. The second-order valence-electron chi connectivity index (χ2n) is 8.28. The number of nitrogens with zero attached hydrogens (tertiary/aromatic N) is 1. The summed E-state index contributed by atoms with van der Waals surface area (Å²) in [4.78, 5) is 14.8. The van der Waals surface area contributed by atoms with Crippen LogP contribution in [0.2, 0.25) is 0 Å². The van der Waals surface area contributed by atoms with Gasteiger partial charge in [0.1, 0.15) is 5.75 Å². The first kappa shape index (κ1) is 24.1. The number of hydrogen-bond donors (Lipinski definition) is 0. The first-order valence-electron chi connectivity index (χ1n) is 10.6. The van der Waals surface area contributed by atoms with Crippen molar-refractivity contribution in [2.75, 3.05) is 0 Å². The molecule has 0 heterocycles. The Bertz CT molecular complexity index is 1260. The van der Waals surface area contributed by atoms with Crippen molar-refractivity contribution in [3.8, 4) is 22.6 Å². The molecule has 4 aromatic rings. The SMILES string of the molecule is CC(C)N(C(=O)Oc1ccc2ccccc2c1-c1c([O-])ccc2ccccc12)C(C)C.[Na+]. The number of rotatable bonds is 4. The number of hydrogen-bond acceptors (Lipinski definition) is 3. The predicted octanol–water partition coefficient (Wildman–Crippen LogP) is 3.36. The zero-order chi connectivity index (χ0) is 22.1. The largest absolute Gasteiger partial charge is 1.00 e. The Morgan fingerprint density at radius 3 is 1.81 bits per heavy atom. The summed E-state index contributed by atoms with van der Waals surface area (Å²) < 4.78 is 5.94. The minimum atomic E-state index is -0.422. The Balaban J connectivity index is 0.00000289. The summed E-state index contributed by atoms with van der Waals surface area (Å²) in [6.07, 6.45) is -0.422. The van der Waals surface area contributed by atoms with E-state index >= 15 is 0 Å². The van der Waals surface area contributed by atoms with Crippen molar-refractivity contribution in [1.82, 2.24) is 4.90 Å². The third-order valence-electron chi connectivity index (χ3n) is 5.55. The van der Waals surface area contributed by atoms with Crippen molar-refractivity contribution in [2.24, 2.45) is 0 Å². The smallest absolute Gasteiger partial charge is 0.872 e. The first-order valence-corrected chi connectivity index (χ1v) is 10.6. The Morgan fingerprint density at radius 2 is 1.25 bits per heavy atom. The summed E-state index contributed by atoms with van der Waals surface area (Å²) in [6.45, 7) is 7.85. The summed E-state index contributed by atoms with van der Waals surface area (Å²) in [5.74, 6) is 0.292. The van der Waals surface area contributed by atoms with E-state index in [0.29, 0.717) is 16.9 Å². The van der Waals surface area contributed by atoms with Crippen LogP contribution in [0.4, 0.5) is 4.79 Å². The number of fused-ring (bicyclic) bond motifs is 2. The average molecular weight is 435 g/mol. The van der Waals surface area contributed by atoms with Gasteiger partial charge < -0.3 is 14.7 Å². The van der Waals surface area contributed by atoms with Gasteiger partial charge in [-0.1, -0.05) is 66.7 Å². The molecule has 1 amide bonds. The van der Waals surface area contributed by atoms with E-state index in [0.717, 1.165) is 21.5 Å². The van der Waals surface area contributed by atoms with E-state index in [1.165, 1.54) is 0 Å². The second-order valence-corrected chi connectivity index (χ2v) is 8.28. The molecule has 4 aromatic carbocycles. The van der Waals surface area contributed by atoms with Gasteiger partial charge in [-0.3, -0.25) is 0 Å². The van der Waals surface area contributed by atoms with Crippen molar-refractivity contribution in [2.45, 2.75) is 39.8 Å². The zero-order valence-corrected chi connectivity index (χ0v) is 21.3. The van der Waals surface area contributed by atoms with Crippen LogP contribution < -0.4 is 39.4 Å². The van der Waals surface area contributed by atoms with Crippen LogP contribution in [0.5, 0.6) is 11.5 Å². The molecule has 0 aliphatic rings. The first-order chi connectivity index (χ1) is 14.9. The van der Waals surface area contributed by atoms with Gasteiger partial charge in [-0.05, 0) is 60.9 Å². The number of amides is 1. The predicted molar refractivity (Wildman–Crippen MR) is 124 cm³/mol. The fourth-order valence-electron chi connectivity index (χ4n) is 4.27. The number of carbonyl (C=O) groups excluding carboxylic acids is 1. The molecule has 0 saturated heterocycles. The molecular formula is C27H26NNaO3. The quantitative estimate of drug-likeness (QED) is 0.462. The minimum Gasteiger partial charge on any atom is -0.872 e. The summed E-state index contributed by atoms with van der Waals surface area (Å²) in [5, 5.41) is 16.8. The van der Waals surface area contributed by atoms with Crippen molar-refractivity contribution in [3.63, 3.8) is 0 Å². The molecule has 0 aliphatic heterocycles. The molecule has 0 aliphatic carbocycles. The van der Waals surface area contributed by atoms with Crippen LogP contribution in [0.3, 0.4) is 0 Å². The van der Waals surface area contributed by atoms with Crippen LogP contribution in [0.1, 0.15) is 27.7 Å². The van der Waals surface area contributed by atoms with Gasteiger partial charge in [0.25, 0.3) is 0 Å². The molecule has 0 spiro atoms. The standard InChI is InChI=1S/C27H27NO3.Na/c1-17(2)28(18(3)4)27(30)31-24-16-14-20-10-6-8-12-22(20)26(24)25-21-11-7-5-9-19(21)13-15-23(25)29;/h5-18,29H,1-4H3;/q;+1/p-1. The van der Waals surface area contributed by atoms with Crippen LogP contribution >= 0.6 is 0 Å². The monoisotopic (exact) mass is 435 g/mol. The van der Waals surface area contributed by atoms with Crippen molar-refractivity contribution >= 4 is 27.6 Å². The maximum Gasteiger partial charge on any atom is 1.00 e. The molecule has 0 unspecified atom stereocenters. The topological polar surface area (TPSA) is 52.6 Å². The molecule has 0 atom stereocenters. The third kappa shape index (κ3) is 4.49. The molecule has 5 heteroatoms. The molecule has 32 heavy (non-hydrogen) atoms. The van der Waals surface area contributed by atoms with Gasteiger partial charge in [-0.2, -0.15) is 0 Å². The van der Waals surface area contributed by atoms with Crippen LogP contribution in [-0.2, 0) is 0 Å². The maximum absolute atomic E-state index is 13.1. The van der Waals surface area contributed by atoms with Gasteiger partial charge in [0.15, 0.2) is 0 Å². The molecule has 0 bridgehead atoms. The van der Waals surface area contributed by atoms with E-state index < -0.39 is 6.09 Å². The molecule has 4 nitrogen and oxygen atoms in total. The van der Waals surface area contributed by atoms with E-state index in [9.17, 15) is 9.90 Å². The van der Waals surface area contributed by atoms with Gasteiger partial charge in [-0.15, -0.1) is 5.75 Å². The zero-order valence-electron chi connectivity index (χ0n) is 19.3. The minimum absolute atomic E-state index is 0. The fourth-order valence-corrected chi connectivity index (χ4v) is 4.27. The van der Waals surface area contributed by atoms with Gasteiger partial charge >= 0.3 is 35.7 Å². The fraction of sp³-hybridized carbons (Fsp3) is 0.222. The summed E-state index contributed by atoms with van der Waals surface area (Å²) in [5.41, 5.74) is 1.21. The average Bonchev–Trinajstić information content (AvgIpc) is 2.73. The van der Waals surface area contributed by atoms with Crippen molar-refractivity contribution < 1.29 is 44.2 Å². The molecule has 0 aromatic heterocycles. The van der Waals surface area contributed by atoms with Gasteiger partial charge in [0, 0.05) is 17.6 Å². The Morgan fingerprint density at radius 1 is 0.750 bits per heavy atom. The molecule has 0 fully saturated rings. The Hall–Kier alpha value is -2.53. The molecule has 0 radical (unpaired) electrons. The van der Waals surface area contributed by atoms with E-state index in [2.05, 4.69) is 0 Å². The number of benzene rings is 4. The molecular weight excluding hydrogens is 409 g/mol. The molecule has 0 saturated carbocycles. The van der Waals surface area contributed by atoms with E-state index in [1.54, 1.807) is 17.0 Å². The summed E-state index contributed by atoms with van der Waals surface area (Å²) >= 11 is 0. The van der Waals surface area contributed by atoms with Crippen LogP contribution in [0.15, 0.2) is 72.8 Å². The molecule has 0 N–H and O–H groups in total. The second kappa shape index (κ2) is 9.95. The number of ether oxygens (including phenoxy) is 1. The van der Waals surface area contributed by atoms with Gasteiger partial charge in [0.2, 0.25) is 0 Å². The summed E-state index contributed by atoms with van der Waals surface area (Å²) in [7, 11) is 0. The maximum atomic E-state index is 13.1. The van der Waals surface area contributed by atoms with Crippen LogP contribution in [-0.4, -0.2) is 23.1 Å². The van der Waals surface area contributed by atoms with E-state index in [4.69, 9.17) is 4.74 Å². The van der Waals surface area contributed by atoms with Crippen molar-refractivity contribution in [1.29, 1.82) is 0 Å². The third-order valence-corrected chi connectivity index (χ3v) is 5.55. The molecule has 4 rings (SSSR count). The van der Waals surface area contributed by atoms with Gasteiger partial charge in [-0.25, -0.2) is 4.79 Å². The van der Waals surface area contributed by atoms with E-state index in [-0.39, 0.29) is 47.4 Å². The van der Waals surface area contributed by atoms with Crippen LogP contribution in [0.25, 0.3) is 32.7 Å². The van der Waals surface area contributed by atoms with E-state index in [1.807, 2.05) is 88.4 Å². The number of carbonyl (C=O) groups is 1. The van der Waals surface area contributed by atoms with Gasteiger partial charge in [0.05, 0.1) is 0 Å². The molecule has 158 valence electrons. The van der Waals surface area contributed by atoms with Crippen LogP contribution in [0, 0.1) is 0 Å². The normalized spacial score (nSPS) is 11.1.